The van der Waals surface area contributed by atoms with Crippen LogP contribution in [0, 0.1) is 0 Å². The van der Waals surface area contributed by atoms with Crippen LogP contribution in [0.15, 0.2) is 0 Å². The lowest BCUT2D eigenvalue weighted by atomic mass is 10.1. The average Bonchev–Trinajstić information content (AvgIpc) is 2.43. The summed E-state index contributed by atoms with van der Waals surface area (Å²) < 4.78 is 0. The molecule has 0 radical (unpaired) electrons. The quantitative estimate of drug-likeness (QED) is 0.422. The highest BCUT2D eigenvalue weighted by Gasteiger charge is 2.46. The third kappa shape index (κ3) is 0.775. The molecule has 0 bridgehead atoms. The molecule has 2 nitrogen and oxygen atoms in total. The van der Waals surface area contributed by atoms with E-state index in [1.165, 1.54) is 19.5 Å². The van der Waals surface area contributed by atoms with Crippen molar-refractivity contribution < 1.29 is 0 Å². The summed E-state index contributed by atoms with van der Waals surface area (Å²) in [5.74, 6) is 0. The summed E-state index contributed by atoms with van der Waals surface area (Å²) in [5, 5.41) is 0. The topological polar surface area (TPSA) is 6.25 Å². The Morgan fingerprint density at radius 2 is 2.00 bits per heavy atom. The van der Waals surface area contributed by atoms with Crippen molar-refractivity contribution in [3.8, 4) is 0 Å². The molecule has 0 amide bonds. The number of likely N-dealkylation sites (tertiary alicyclic amines) is 1. The van der Waals surface area contributed by atoms with Crippen molar-refractivity contribution >= 4 is 0 Å². The lowest BCUT2D eigenvalue weighted by Gasteiger charge is -2.18. The van der Waals surface area contributed by atoms with Crippen molar-refractivity contribution in [1.29, 1.82) is 0 Å². The van der Waals surface area contributed by atoms with E-state index in [1.807, 2.05) is 0 Å². The van der Waals surface area contributed by atoms with Crippen LogP contribution in [0.1, 0.15) is 6.42 Å². The standard InChI is InChI=1S/C7H14N2/c1-8-4-3-6-7(5-8)9(6)2/h6-7H,3-5H2,1-2H3. The zero-order valence-electron chi connectivity index (χ0n) is 6.17. The van der Waals surface area contributed by atoms with Crippen molar-refractivity contribution in [1.82, 2.24) is 9.80 Å². The van der Waals surface area contributed by atoms with Crippen molar-refractivity contribution in [2.24, 2.45) is 0 Å². The highest BCUT2D eigenvalue weighted by molar-refractivity contribution is 5.04. The van der Waals surface area contributed by atoms with E-state index in [9.17, 15) is 0 Å². The Kier molecular flexibility index (Phi) is 1.08. The molecule has 2 rings (SSSR count). The summed E-state index contributed by atoms with van der Waals surface area (Å²) in [5.41, 5.74) is 0. The number of nitrogens with zero attached hydrogens (tertiary/aromatic N) is 2. The maximum Gasteiger partial charge on any atom is 0.0379 e. The Morgan fingerprint density at radius 3 is 2.56 bits per heavy atom. The Labute approximate surface area is 56.4 Å². The molecule has 9 heavy (non-hydrogen) atoms. The Morgan fingerprint density at radius 1 is 1.22 bits per heavy atom. The molecular weight excluding hydrogens is 112 g/mol. The van der Waals surface area contributed by atoms with Crippen LogP contribution in [0.5, 0.6) is 0 Å². The van der Waals surface area contributed by atoms with Gasteiger partial charge in [-0.1, -0.05) is 0 Å². The van der Waals surface area contributed by atoms with Gasteiger partial charge in [0.25, 0.3) is 0 Å². The molecular formula is C7H14N2. The maximum absolute atomic E-state index is 2.48. The van der Waals surface area contributed by atoms with E-state index in [0.717, 1.165) is 12.1 Å². The number of fused-ring (bicyclic) bond motifs is 1. The molecule has 0 saturated carbocycles. The summed E-state index contributed by atoms with van der Waals surface area (Å²) >= 11 is 0. The Bertz CT molecular complexity index is 124. The van der Waals surface area contributed by atoms with Gasteiger partial charge in [0.15, 0.2) is 0 Å². The van der Waals surface area contributed by atoms with Crippen molar-refractivity contribution in [3.63, 3.8) is 0 Å². The molecule has 3 atom stereocenters. The highest BCUT2D eigenvalue weighted by Crippen LogP contribution is 2.32. The summed E-state index contributed by atoms with van der Waals surface area (Å²) in [6, 6.07) is 1.85. The van der Waals surface area contributed by atoms with Crippen LogP contribution in [0.2, 0.25) is 0 Å². The summed E-state index contributed by atoms with van der Waals surface area (Å²) in [4.78, 5) is 4.90. The largest absolute Gasteiger partial charge is 0.305 e. The van der Waals surface area contributed by atoms with Gasteiger partial charge >= 0.3 is 0 Å². The maximum atomic E-state index is 2.48. The monoisotopic (exact) mass is 126 g/mol. The molecule has 2 aliphatic heterocycles. The van der Waals surface area contributed by atoms with Gasteiger partial charge in [-0.15, -0.1) is 0 Å². The molecule has 3 unspecified atom stereocenters. The molecule has 2 saturated heterocycles. The molecule has 2 heterocycles. The molecule has 0 aromatic rings. The molecule has 0 aromatic heterocycles. The molecule has 0 spiro atoms. The van der Waals surface area contributed by atoms with Crippen LogP contribution in [0.25, 0.3) is 0 Å². The minimum atomic E-state index is 0.906. The number of piperidine rings is 1. The van der Waals surface area contributed by atoms with Gasteiger partial charge in [0.05, 0.1) is 0 Å². The van der Waals surface area contributed by atoms with Crippen molar-refractivity contribution in [3.05, 3.63) is 0 Å². The van der Waals surface area contributed by atoms with Crippen LogP contribution in [0.3, 0.4) is 0 Å². The lowest BCUT2D eigenvalue weighted by Crippen LogP contribution is -2.30. The number of rotatable bonds is 0. The highest BCUT2D eigenvalue weighted by atomic mass is 15.4. The first-order valence-corrected chi connectivity index (χ1v) is 3.69. The van der Waals surface area contributed by atoms with Gasteiger partial charge in [0.2, 0.25) is 0 Å². The lowest BCUT2D eigenvalue weighted by molar-refractivity contribution is 0.303. The van der Waals surface area contributed by atoms with E-state index >= 15 is 0 Å². The average molecular weight is 126 g/mol. The minimum Gasteiger partial charge on any atom is -0.305 e. The molecule has 0 aliphatic carbocycles. The molecule has 2 heteroatoms. The van der Waals surface area contributed by atoms with E-state index in [2.05, 4.69) is 23.9 Å². The van der Waals surface area contributed by atoms with E-state index in [0.29, 0.717) is 0 Å². The van der Waals surface area contributed by atoms with E-state index in [-0.39, 0.29) is 0 Å². The molecule has 2 fully saturated rings. The number of likely N-dealkylation sites (N-methyl/N-ethyl adjacent to an activating group) is 2. The van der Waals surface area contributed by atoms with E-state index in [4.69, 9.17) is 0 Å². The van der Waals surface area contributed by atoms with Gasteiger partial charge in [0, 0.05) is 18.6 Å². The second-order valence-corrected chi connectivity index (χ2v) is 3.35. The third-order valence-electron chi connectivity index (χ3n) is 2.71. The second kappa shape index (κ2) is 1.70. The van der Waals surface area contributed by atoms with Crippen LogP contribution in [-0.2, 0) is 0 Å². The summed E-state index contributed by atoms with van der Waals surface area (Å²) in [6.07, 6.45) is 1.39. The van der Waals surface area contributed by atoms with Gasteiger partial charge in [-0.3, -0.25) is 4.90 Å². The summed E-state index contributed by atoms with van der Waals surface area (Å²) in [7, 11) is 4.44. The summed E-state index contributed by atoms with van der Waals surface area (Å²) in [6.45, 7) is 2.59. The number of hydrogen-bond donors (Lipinski definition) is 0. The molecule has 0 aromatic carbocycles. The van der Waals surface area contributed by atoms with Crippen molar-refractivity contribution in [2.75, 3.05) is 27.2 Å². The van der Waals surface area contributed by atoms with Crippen LogP contribution < -0.4 is 0 Å². The Balaban J connectivity index is 1.96. The zero-order chi connectivity index (χ0) is 6.43. The molecule has 2 aliphatic rings. The second-order valence-electron chi connectivity index (χ2n) is 3.35. The first kappa shape index (κ1) is 5.69. The Hall–Kier alpha value is -0.0800. The molecule has 52 valence electrons. The fourth-order valence-electron chi connectivity index (χ4n) is 1.88. The van der Waals surface area contributed by atoms with Crippen LogP contribution in [-0.4, -0.2) is 49.1 Å². The first-order chi connectivity index (χ1) is 4.29. The van der Waals surface area contributed by atoms with Gasteiger partial charge in [-0.25, -0.2) is 0 Å². The normalized spacial score (nSPS) is 50.7. The number of hydrogen-bond acceptors (Lipinski definition) is 2. The fraction of sp³-hybridized carbons (Fsp3) is 1.00. The van der Waals surface area contributed by atoms with Gasteiger partial charge < -0.3 is 4.90 Å². The predicted molar refractivity (Wildman–Crippen MR) is 37.5 cm³/mol. The predicted octanol–water partition coefficient (Wildman–Crippen LogP) is 0.00450. The smallest absolute Gasteiger partial charge is 0.0379 e. The zero-order valence-corrected chi connectivity index (χ0v) is 6.17. The van der Waals surface area contributed by atoms with E-state index in [1.54, 1.807) is 0 Å². The SMILES string of the molecule is CN1CCC2C(C1)N2C. The van der Waals surface area contributed by atoms with E-state index < -0.39 is 0 Å². The minimum absolute atomic E-state index is 0.906. The fourth-order valence-corrected chi connectivity index (χ4v) is 1.88. The van der Waals surface area contributed by atoms with Gasteiger partial charge in [-0.05, 0) is 27.1 Å². The first-order valence-electron chi connectivity index (χ1n) is 3.69. The van der Waals surface area contributed by atoms with Crippen molar-refractivity contribution in [2.45, 2.75) is 18.5 Å². The van der Waals surface area contributed by atoms with Crippen LogP contribution in [0.4, 0.5) is 0 Å². The third-order valence-corrected chi connectivity index (χ3v) is 2.71. The van der Waals surface area contributed by atoms with Gasteiger partial charge in [0.1, 0.15) is 0 Å². The molecule has 0 N–H and O–H groups in total. The van der Waals surface area contributed by atoms with Crippen LogP contribution >= 0.6 is 0 Å². The van der Waals surface area contributed by atoms with Gasteiger partial charge in [-0.2, -0.15) is 0 Å².